The first kappa shape index (κ1) is 26.2. The number of carboxylic acids is 1. The van der Waals surface area contributed by atoms with E-state index < -0.39 is 23.6 Å². The van der Waals surface area contributed by atoms with Gasteiger partial charge in [0.25, 0.3) is 5.56 Å². The number of aromatic nitrogens is 4. The number of fused-ring (bicyclic) bond motifs is 2. The summed E-state index contributed by atoms with van der Waals surface area (Å²) in [6.07, 6.45) is -0.361. The summed E-state index contributed by atoms with van der Waals surface area (Å²) in [4.78, 5) is 49.0. The van der Waals surface area contributed by atoms with Crippen molar-refractivity contribution in [2.24, 2.45) is 11.7 Å². The van der Waals surface area contributed by atoms with Gasteiger partial charge in [0.1, 0.15) is 17.9 Å². The molecule has 0 spiro atoms. The third-order valence-corrected chi connectivity index (χ3v) is 6.42. The van der Waals surface area contributed by atoms with E-state index in [0.29, 0.717) is 27.6 Å². The van der Waals surface area contributed by atoms with E-state index in [4.69, 9.17) is 15.0 Å². The zero-order chi connectivity index (χ0) is 28.2. The van der Waals surface area contributed by atoms with Crippen molar-refractivity contribution in [2.75, 3.05) is 0 Å². The van der Waals surface area contributed by atoms with Gasteiger partial charge in [-0.2, -0.15) is 0 Å². The van der Waals surface area contributed by atoms with E-state index in [9.17, 15) is 24.3 Å². The van der Waals surface area contributed by atoms with Crippen LogP contribution < -0.4 is 16.0 Å². The Hall–Kier alpha value is -5.39. The molecule has 0 saturated heterocycles. The number of nitrogens with zero attached hydrogens (tertiary/aromatic N) is 4. The molecule has 12 heteroatoms. The number of carboxylic acid groups (broad SMARTS) is 1. The van der Waals surface area contributed by atoms with E-state index in [-0.39, 0.29) is 42.8 Å². The van der Waals surface area contributed by atoms with Gasteiger partial charge in [0.15, 0.2) is 17.1 Å². The first-order valence-electron chi connectivity index (χ1n) is 12.3. The van der Waals surface area contributed by atoms with Crippen LogP contribution in [0.5, 0.6) is 5.75 Å². The Morgan fingerprint density at radius 1 is 1.02 bits per heavy atom. The van der Waals surface area contributed by atoms with Crippen LogP contribution in [-0.2, 0) is 17.9 Å². The van der Waals surface area contributed by atoms with Gasteiger partial charge in [0, 0.05) is 24.6 Å². The summed E-state index contributed by atoms with van der Waals surface area (Å²) in [6.45, 7) is 0.140. The summed E-state index contributed by atoms with van der Waals surface area (Å²) in [5.41, 5.74) is 6.77. The van der Waals surface area contributed by atoms with E-state index in [0.717, 1.165) is 10.2 Å². The standard InChI is InChI=1S/C28H23N5O7/c29-26(35)17-5-3-4-16(12-17)15-39-19-8-9-21-24(14-19)40-31-25(21)23(34)13-18(28(37)38)10-11-33-27(36)20-6-1-2-7-22(20)30-32-33/h1-9,12,14,18H,10-11,13,15H2,(H2,29,35)(H,37,38). The minimum atomic E-state index is -1.18. The Labute approximate surface area is 225 Å². The summed E-state index contributed by atoms with van der Waals surface area (Å²) in [5, 5.41) is 22.2. The Kier molecular flexibility index (Phi) is 7.31. The Balaban J connectivity index is 1.26. The van der Waals surface area contributed by atoms with Crippen molar-refractivity contribution in [3.63, 3.8) is 0 Å². The maximum Gasteiger partial charge on any atom is 0.307 e. The third kappa shape index (κ3) is 5.55. The number of carbonyl (C=O) groups excluding carboxylic acids is 2. The van der Waals surface area contributed by atoms with Crippen LogP contribution in [-0.4, -0.2) is 42.9 Å². The zero-order valence-electron chi connectivity index (χ0n) is 21.0. The molecule has 2 aromatic heterocycles. The maximum absolute atomic E-state index is 13.0. The molecule has 0 aliphatic heterocycles. The molecular weight excluding hydrogens is 518 g/mol. The molecule has 12 nitrogen and oxygen atoms in total. The number of hydrogen-bond acceptors (Lipinski definition) is 9. The summed E-state index contributed by atoms with van der Waals surface area (Å²) in [5.74, 6) is -2.88. The number of carbonyl (C=O) groups is 3. The van der Waals surface area contributed by atoms with Crippen LogP contribution in [0.2, 0.25) is 0 Å². The van der Waals surface area contributed by atoms with Crippen molar-refractivity contribution in [1.82, 2.24) is 20.2 Å². The van der Waals surface area contributed by atoms with Crippen LogP contribution >= 0.6 is 0 Å². The van der Waals surface area contributed by atoms with Gasteiger partial charge >= 0.3 is 5.97 Å². The van der Waals surface area contributed by atoms with Gasteiger partial charge in [-0.05, 0) is 48.4 Å². The molecule has 5 aromatic rings. The maximum atomic E-state index is 13.0. The SMILES string of the molecule is NC(=O)c1cccc(COc2ccc3c(C(=O)CC(CCn4nnc5ccccc5c4=O)C(=O)O)noc3c2)c1. The molecular formula is C28H23N5O7. The molecule has 1 amide bonds. The summed E-state index contributed by atoms with van der Waals surface area (Å²) in [7, 11) is 0. The van der Waals surface area contributed by atoms with Crippen LogP contribution in [0.15, 0.2) is 76.0 Å². The number of ketones is 1. The number of aryl methyl sites for hydroxylation is 1. The van der Waals surface area contributed by atoms with Crippen LogP contribution in [0.4, 0.5) is 0 Å². The average molecular weight is 542 g/mol. The highest BCUT2D eigenvalue weighted by Gasteiger charge is 2.26. The molecule has 2 heterocycles. The van der Waals surface area contributed by atoms with Crippen molar-refractivity contribution in [2.45, 2.75) is 26.0 Å². The molecule has 202 valence electrons. The second kappa shape index (κ2) is 11.2. The van der Waals surface area contributed by atoms with E-state index in [1.807, 2.05) is 0 Å². The number of rotatable bonds is 11. The van der Waals surface area contributed by atoms with Crippen LogP contribution in [0.25, 0.3) is 21.9 Å². The Morgan fingerprint density at radius 2 is 1.85 bits per heavy atom. The second-order valence-corrected chi connectivity index (χ2v) is 9.13. The number of primary amides is 1. The van der Waals surface area contributed by atoms with Gasteiger partial charge in [0.2, 0.25) is 5.91 Å². The van der Waals surface area contributed by atoms with Crippen molar-refractivity contribution < 1.29 is 28.8 Å². The third-order valence-electron chi connectivity index (χ3n) is 6.42. The lowest BCUT2D eigenvalue weighted by molar-refractivity contribution is -0.142. The predicted octanol–water partition coefficient (Wildman–Crippen LogP) is 2.97. The van der Waals surface area contributed by atoms with Gasteiger partial charge in [-0.3, -0.25) is 19.2 Å². The second-order valence-electron chi connectivity index (χ2n) is 9.13. The molecule has 0 aliphatic carbocycles. The minimum absolute atomic E-state index is 0.00428. The molecule has 3 N–H and O–H groups in total. The monoisotopic (exact) mass is 541 g/mol. The van der Waals surface area contributed by atoms with Gasteiger partial charge in [-0.15, -0.1) is 5.10 Å². The van der Waals surface area contributed by atoms with Gasteiger partial charge in [-0.1, -0.05) is 34.6 Å². The highest BCUT2D eigenvalue weighted by Crippen LogP contribution is 2.26. The van der Waals surface area contributed by atoms with Crippen molar-refractivity contribution in [1.29, 1.82) is 0 Å². The molecule has 0 radical (unpaired) electrons. The fraction of sp³-hybridized carbons (Fsp3) is 0.179. The summed E-state index contributed by atoms with van der Waals surface area (Å²) >= 11 is 0. The molecule has 1 atom stereocenters. The normalized spacial score (nSPS) is 11.9. The van der Waals surface area contributed by atoms with E-state index in [1.165, 1.54) is 0 Å². The van der Waals surface area contributed by atoms with Gasteiger partial charge in [0.05, 0.1) is 16.7 Å². The van der Waals surface area contributed by atoms with Crippen LogP contribution in [0, 0.1) is 5.92 Å². The lowest BCUT2D eigenvalue weighted by Gasteiger charge is -2.11. The van der Waals surface area contributed by atoms with E-state index in [2.05, 4.69) is 15.5 Å². The molecule has 0 aliphatic rings. The lowest BCUT2D eigenvalue weighted by atomic mass is 9.96. The van der Waals surface area contributed by atoms with E-state index in [1.54, 1.807) is 66.7 Å². The number of nitrogens with two attached hydrogens (primary N) is 1. The van der Waals surface area contributed by atoms with E-state index >= 15 is 0 Å². The average Bonchev–Trinajstić information content (AvgIpc) is 3.38. The van der Waals surface area contributed by atoms with Crippen molar-refractivity contribution in [3.8, 4) is 5.75 Å². The van der Waals surface area contributed by atoms with Gasteiger partial charge in [-0.25, -0.2) is 4.68 Å². The molecule has 3 aromatic carbocycles. The zero-order valence-corrected chi connectivity index (χ0v) is 21.0. The summed E-state index contributed by atoms with van der Waals surface area (Å²) < 4.78 is 12.2. The molecule has 1 unspecified atom stereocenters. The Morgan fingerprint density at radius 3 is 2.65 bits per heavy atom. The fourth-order valence-corrected chi connectivity index (χ4v) is 4.27. The molecule has 0 fully saturated rings. The number of Topliss-reactive ketones (excluding diaryl/α,β-unsaturated/α-hetero) is 1. The minimum Gasteiger partial charge on any atom is -0.489 e. The quantitative estimate of drug-likeness (QED) is 0.236. The lowest BCUT2D eigenvalue weighted by Crippen LogP contribution is -2.27. The molecule has 5 rings (SSSR count). The number of hydrogen-bond donors (Lipinski definition) is 2. The smallest absolute Gasteiger partial charge is 0.307 e. The highest BCUT2D eigenvalue weighted by atomic mass is 16.5. The largest absolute Gasteiger partial charge is 0.489 e. The molecule has 40 heavy (non-hydrogen) atoms. The van der Waals surface area contributed by atoms with Gasteiger partial charge < -0.3 is 20.1 Å². The van der Waals surface area contributed by atoms with Crippen molar-refractivity contribution in [3.05, 3.63) is 93.9 Å². The topological polar surface area (TPSA) is 180 Å². The van der Waals surface area contributed by atoms with Crippen LogP contribution in [0.3, 0.4) is 0 Å². The molecule has 0 saturated carbocycles. The number of amides is 1. The number of aliphatic carboxylic acids is 1. The van der Waals surface area contributed by atoms with Crippen molar-refractivity contribution >= 4 is 39.5 Å². The first-order valence-corrected chi connectivity index (χ1v) is 12.3. The molecule has 0 bridgehead atoms. The Bertz CT molecular complexity index is 1810. The van der Waals surface area contributed by atoms with Crippen LogP contribution in [0.1, 0.15) is 39.3 Å². The summed E-state index contributed by atoms with van der Waals surface area (Å²) in [6, 6.07) is 18.3. The number of ether oxygens (including phenoxy) is 1. The fourth-order valence-electron chi connectivity index (χ4n) is 4.27. The number of benzene rings is 3. The predicted molar refractivity (Wildman–Crippen MR) is 142 cm³/mol. The highest BCUT2D eigenvalue weighted by molar-refractivity contribution is 6.06. The first-order chi connectivity index (χ1) is 19.3.